The summed E-state index contributed by atoms with van der Waals surface area (Å²) in [5, 5.41) is 4.41. The quantitative estimate of drug-likeness (QED) is 0.195. The van der Waals surface area contributed by atoms with Gasteiger partial charge in [0.05, 0.1) is 16.8 Å². The number of benzene rings is 8. The summed E-state index contributed by atoms with van der Waals surface area (Å²) >= 11 is 0. The lowest BCUT2D eigenvalue weighted by molar-refractivity contribution is 0.439. The van der Waals surface area contributed by atoms with Crippen molar-refractivity contribution in [3.05, 3.63) is 176 Å². The van der Waals surface area contributed by atoms with Crippen LogP contribution in [0.5, 0.6) is 23.0 Å². The molecular weight excluding hydrogens is 574 g/mol. The molecule has 0 bridgehead atoms. The van der Waals surface area contributed by atoms with E-state index in [-0.39, 0.29) is 0 Å². The van der Waals surface area contributed by atoms with Crippen molar-refractivity contribution in [3.63, 3.8) is 0 Å². The Morgan fingerprint density at radius 3 is 1.68 bits per heavy atom. The zero-order valence-corrected chi connectivity index (χ0v) is 25.5. The van der Waals surface area contributed by atoms with E-state index in [2.05, 4.69) is 144 Å². The predicted octanol–water partition coefficient (Wildman–Crippen LogP) is 12.7. The minimum absolute atomic E-state index is 0.669. The molecule has 3 heteroatoms. The first-order valence-electron chi connectivity index (χ1n) is 15.8. The Morgan fingerprint density at radius 2 is 0.957 bits per heavy atom. The highest BCUT2D eigenvalue weighted by Crippen LogP contribution is 2.49. The van der Waals surface area contributed by atoms with Crippen LogP contribution in [-0.4, -0.2) is 0 Å². The highest BCUT2D eigenvalue weighted by Gasteiger charge is 2.23. The monoisotopic (exact) mass is 603 g/mol. The van der Waals surface area contributed by atoms with Gasteiger partial charge in [-0.3, -0.25) is 0 Å². The highest BCUT2D eigenvalue weighted by molar-refractivity contribution is 6.06. The first-order valence-corrected chi connectivity index (χ1v) is 15.8. The first kappa shape index (κ1) is 27.0. The Labute approximate surface area is 273 Å². The zero-order chi connectivity index (χ0) is 31.2. The summed E-state index contributed by atoms with van der Waals surface area (Å²) in [6.45, 7) is 0. The second-order valence-corrected chi connectivity index (χ2v) is 11.7. The van der Waals surface area contributed by atoms with Gasteiger partial charge in [-0.2, -0.15) is 0 Å². The van der Waals surface area contributed by atoms with Crippen molar-refractivity contribution in [2.75, 3.05) is 4.90 Å². The molecular formula is C44H29NO2. The number of fused-ring (bicyclic) bond motifs is 2. The fraction of sp³-hybridized carbons (Fsp3) is 0. The molecule has 0 atom stereocenters. The molecule has 0 saturated heterocycles. The van der Waals surface area contributed by atoms with Crippen LogP contribution in [-0.2, 0) is 0 Å². The van der Waals surface area contributed by atoms with Gasteiger partial charge in [-0.05, 0) is 75.5 Å². The van der Waals surface area contributed by atoms with E-state index in [4.69, 9.17) is 9.47 Å². The summed E-state index contributed by atoms with van der Waals surface area (Å²) < 4.78 is 13.1. The molecule has 1 heterocycles. The van der Waals surface area contributed by atoms with Crippen molar-refractivity contribution in [1.29, 1.82) is 0 Å². The molecule has 9 rings (SSSR count). The normalized spacial score (nSPS) is 11.7. The molecule has 0 fully saturated rings. The maximum atomic E-state index is 6.63. The van der Waals surface area contributed by atoms with Gasteiger partial charge in [0.1, 0.15) is 11.5 Å². The third-order valence-electron chi connectivity index (χ3n) is 8.91. The van der Waals surface area contributed by atoms with E-state index in [9.17, 15) is 0 Å². The van der Waals surface area contributed by atoms with Crippen LogP contribution < -0.4 is 14.4 Å². The topological polar surface area (TPSA) is 21.7 Å². The molecule has 0 N–H and O–H groups in total. The largest absolute Gasteiger partial charge is 0.453 e. The van der Waals surface area contributed by atoms with Crippen LogP contribution >= 0.6 is 0 Å². The number of ether oxygens (including phenoxy) is 2. The van der Waals surface area contributed by atoms with Crippen molar-refractivity contribution in [1.82, 2.24) is 0 Å². The molecule has 0 saturated carbocycles. The lowest BCUT2D eigenvalue weighted by Crippen LogP contribution is -2.11. The average Bonchev–Trinajstić information content (AvgIpc) is 3.30. The van der Waals surface area contributed by atoms with Crippen LogP contribution in [0, 0.1) is 0 Å². The lowest BCUT2D eigenvalue weighted by atomic mass is 9.96. The summed E-state index contributed by atoms with van der Waals surface area (Å²) in [5.74, 6) is 2.93. The molecule has 0 radical (unpaired) electrons. The van der Waals surface area contributed by atoms with E-state index in [1.165, 1.54) is 27.6 Å². The van der Waals surface area contributed by atoms with Crippen LogP contribution in [0.15, 0.2) is 176 Å². The second-order valence-electron chi connectivity index (χ2n) is 11.7. The molecule has 0 aliphatic carbocycles. The van der Waals surface area contributed by atoms with Gasteiger partial charge in [-0.1, -0.05) is 127 Å². The Balaban J connectivity index is 1.22. The van der Waals surface area contributed by atoms with Crippen molar-refractivity contribution in [2.45, 2.75) is 0 Å². The van der Waals surface area contributed by atoms with Gasteiger partial charge in [-0.15, -0.1) is 0 Å². The standard InChI is InChI=1S/C44H29NO2/c1-3-11-30(12-4-1)31-21-23-34(24-22-31)45(39-27-26-36(32-13-5-2-6-14-32)37-17-7-8-18-38(37)39)35-25-28-40-43(29-35)47-42-20-10-16-33-15-9-19-41(46-40)44(33)42/h1-29H. The second kappa shape index (κ2) is 11.2. The first-order chi connectivity index (χ1) is 23.3. The van der Waals surface area contributed by atoms with E-state index < -0.39 is 0 Å². The molecule has 0 amide bonds. The van der Waals surface area contributed by atoms with Crippen molar-refractivity contribution >= 4 is 38.6 Å². The molecule has 0 unspecified atom stereocenters. The van der Waals surface area contributed by atoms with E-state index >= 15 is 0 Å². The Bertz CT molecular complexity index is 2400. The van der Waals surface area contributed by atoms with Gasteiger partial charge in [0.25, 0.3) is 0 Å². The van der Waals surface area contributed by atoms with E-state index in [1.807, 2.05) is 36.4 Å². The van der Waals surface area contributed by atoms with Crippen molar-refractivity contribution in [2.24, 2.45) is 0 Å². The van der Waals surface area contributed by atoms with Crippen LogP contribution in [0.2, 0.25) is 0 Å². The van der Waals surface area contributed by atoms with E-state index in [0.717, 1.165) is 44.7 Å². The number of hydrogen-bond donors (Lipinski definition) is 0. The SMILES string of the molecule is c1ccc(-c2ccc(N(c3ccc4c(c3)Oc3cccc5cccc(c35)O4)c3ccc(-c4ccccc4)c4ccccc34)cc2)cc1. The van der Waals surface area contributed by atoms with E-state index in [0.29, 0.717) is 11.5 Å². The molecule has 222 valence electrons. The molecule has 0 aromatic heterocycles. The fourth-order valence-corrected chi connectivity index (χ4v) is 6.69. The number of hydrogen-bond acceptors (Lipinski definition) is 3. The van der Waals surface area contributed by atoms with Crippen molar-refractivity contribution in [3.8, 4) is 45.3 Å². The van der Waals surface area contributed by atoms with Gasteiger partial charge < -0.3 is 14.4 Å². The zero-order valence-electron chi connectivity index (χ0n) is 25.5. The molecule has 1 aliphatic rings. The Morgan fingerprint density at radius 1 is 0.362 bits per heavy atom. The van der Waals surface area contributed by atoms with Crippen LogP contribution in [0.3, 0.4) is 0 Å². The smallest absolute Gasteiger partial charge is 0.172 e. The fourth-order valence-electron chi connectivity index (χ4n) is 6.69. The van der Waals surface area contributed by atoms with Crippen molar-refractivity contribution < 1.29 is 9.47 Å². The Kier molecular flexibility index (Phi) is 6.46. The molecule has 1 aliphatic heterocycles. The van der Waals surface area contributed by atoms with Crippen LogP contribution in [0.4, 0.5) is 17.1 Å². The van der Waals surface area contributed by atoms with Crippen LogP contribution in [0.25, 0.3) is 43.8 Å². The lowest BCUT2D eigenvalue weighted by Gasteiger charge is -2.28. The predicted molar refractivity (Wildman–Crippen MR) is 194 cm³/mol. The number of nitrogens with zero attached hydrogens (tertiary/aromatic N) is 1. The summed E-state index contributed by atoms with van der Waals surface area (Å²) in [6.07, 6.45) is 0. The average molecular weight is 604 g/mol. The number of rotatable bonds is 5. The van der Waals surface area contributed by atoms with Gasteiger partial charge in [-0.25, -0.2) is 0 Å². The molecule has 47 heavy (non-hydrogen) atoms. The maximum Gasteiger partial charge on any atom is 0.172 e. The van der Waals surface area contributed by atoms with Gasteiger partial charge >= 0.3 is 0 Å². The summed E-state index contributed by atoms with van der Waals surface area (Å²) in [7, 11) is 0. The van der Waals surface area contributed by atoms with Crippen LogP contribution in [0.1, 0.15) is 0 Å². The molecule has 8 aromatic carbocycles. The third-order valence-corrected chi connectivity index (χ3v) is 8.91. The molecule has 8 aromatic rings. The summed E-state index contributed by atoms with van der Waals surface area (Å²) in [4.78, 5) is 2.31. The summed E-state index contributed by atoms with van der Waals surface area (Å²) in [5.41, 5.74) is 7.84. The van der Waals surface area contributed by atoms with E-state index in [1.54, 1.807) is 0 Å². The third kappa shape index (κ3) is 4.77. The van der Waals surface area contributed by atoms with Gasteiger partial charge in [0.15, 0.2) is 11.5 Å². The minimum atomic E-state index is 0.669. The number of anilines is 3. The summed E-state index contributed by atoms with van der Waals surface area (Å²) in [6, 6.07) is 61.4. The minimum Gasteiger partial charge on any atom is -0.453 e. The van der Waals surface area contributed by atoms with Gasteiger partial charge in [0.2, 0.25) is 0 Å². The molecule has 3 nitrogen and oxygen atoms in total. The Hall–Kier alpha value is -6.32. The maximum absolute atomic E-state index is 6.63. The molecule has 0 spiro atoms. The highest BCUT2D eigenvalue weighted by atomic mass is 16.5. The van der Waals surface area contributed by atoms with Gasteiger partial charge in [0, 0.05) is 17.1 Å².